The number of imidazole rings is 1. The third-order valence-corrected chi connectivity index (χ3v) is 1.65. The van der Waals surface area contributed by atoms with Gasteiger partial charge >= 0.3 is 0 Å². The fourth-order valence-electron chi connectivity index (χ4n) is 1.05. The van der Waals surface area contributed by atoms with Crippen molar-refractivity contribution in [1.82, 2.24) is 19.5 Å². The molecule has 0 aromatic rings. The highest BCUT2D eigenvalue weighted by Gasteiger charge is 2.15. The van der Waals surface area contributed by atoms with E-state index in [1.165, 1.54) is 10.9 Å². The van der Waals surface area contributed by atoms with Crippen molar-refractivity contribution in [3.05, 3.63) is 12.2 Å². The molecule has 5 nitrogen and oxygen atoms in total. The van der Waals surface area contributed by atoms with Crippen LogP contribution in [0.5, 0.6) is 5.88 Å². The first-order valence-electron chi connectivity index (χ1n) is 3.53. The number of fused-ring (bicyclic) bond motifs is 1. The van der Waals surface area contributed by atoms with E-state index in [4.69, 9.17) is 0 Å². The fourth-order valence-corrected chi connectivity index (χ4v) is 1.05. The molecule has 0 aromatic carbocycles. The molecule has 0 radical (unpaired) electrons. The lowest BCUT2D eigenvalue weighted by atomic mass is 10.4. The van der Waals surface area contributed by atoms with E-state index in [1.807, 2.05) is 0 Å². The van der Waals surface area contributed by atoms with Crippen LogP contribution in [0.15, 0.2) is 6.33 Å². The zero-order valence-electron chi connectivity index (χ0n) is 6.81. The summed E-state index contributed by atoms with van der Waals surface area (Å²) in [7, 11) is 1.70. The van der Waals surface area contributed by atoms with Crippen LogP contribution in [0.4, 0.5) is 0 Å². The van der Waals surface area contributed by atoms with Gasteiger partial charge in [0.1, 0.15) is 5.82 Å². The minimum atomic E-state index is 0.0978. The van der Waals surface area contributed by atoms with Crippen LogP contribution in [-0.4, -0.2) is 24.6 Å². The highest BCUT2D eigenvalue weighted by Crippen LogP contribution is 2.24. The van der Waals surface area contributed by atoms with Gasteiger partial charge in [-0.2, -0.15) is 0 Å². The molecule has 12 heavy (non-hydrogen) atoms. The molecule has 2 aliphatic heterocycles. The normalized spacial score (nSPS) is 10.8. The molecule has 0 saturated carbocycles. The molecule has 0 aromatic heterocycles. The van der Waals surface area contributed by atoms with Crippen LogP contribution in [0.3, 0.4) is 0 Å². The molecule has 0 fully saturated rings. The Hall–Kier alpha value is -1.65. The van der Waals surface area contributed by atoms with Gasteiger partial charge in [-0.3, -0.25) is 0 Å². The molecular formula is C7H8N4O. The smallest absolute Gasteiger partial charge is 0.222 e. The predicted octanol–water partition coefficient (Wildman–Crippen LogP) is 0.329. The zero-order valence-corrected chi connectivity index (χ0v) is 6.81. The molecule has 0 saturated heterocycles. The molecule has 2 rings (SSSR count). The van der Waals surface area contributed by atoms with E-state index < -0.39 is 0 Å². The lowest BCUT2D eigenvalue weighted by molar-refractivity contribution is 0.424. The lowest BCUT2D eigenvalue weighted by Gasteiger charge is -2.03. The van der Waals surface area contributed by atoms with Crippen LogP contribution in [0.1, 0.15) is 5.82 Å². The van der Waals surface area contributed by atoms with Crippen molar-refractivity contribution in [3.63, 3.8) is 0 Å². The summed E-state index contributed by atoms with van der Waals surface area (Å²) in [5.74, 6) is 1.21. The Balaban J connectivity index is 2.80. The second-order valence-corrected chi connectivity index (χ2v) is 2.62. The maximum absolute atomic E-state index is 9.49. The first-order chi connectivity index (χ1) is 5.68. The average Bonchev–Trinajstić information content (AvgIpc) is 2.39. The van der Waals surface area contributed by atoms with Crippen LogP contribution in [0.2, 0.25) is 0 Å². The van der Waals surface area contributed by atoms with Crippen molar-refractivity contribution in [2.24, 2.45) is 7.05 Å². The van der Waals surface area contributed by atoms with Crippen LogP contribution in [0.25, 0.3) is 11.5 Å². The van der Waals surface area contributed by atoms with Crippen molar-refractivity contribution in [2.45, 2.75) is 6.92 Å². The topological polar surface area (TPSA) is 63.8 Å². The van der Waals surface area contributed by atoms with Gasteiger partial charge in [-0.05, 0) is 6.92 Å². The molecule has 0 spiro atoms. The van der Waals surface area contributed by atoms with Gasteiger partial charge in [-0.15, -0.1) is 0 Å². The second-order valence-electron chi connectivity index (χ2n) is 2.62. The van der Waals surface area contributed by atoms with Gasteiger partial charge in [-0.25, -0.2) is 15.0 Å². The van der Waals surface area contributed by atoms with Crippen molar-refractivity contribution in [3.8, 4) is 17.4 Å². The third-order valence-electron chi connectivity index (χ3n) is 1.65. The second kappa shape index (κ2) is 2.17. The van der Waals surface area contributed by atoms with Gasteiger partial charge in [0.25, 0.3) is 0 Å². The standard InChI is InChI=1S/C7H8N4O/c1-4-9-5-6(10-4)8-3-11(2)7(5)12/h3,12H,1-2H3. The van der Waals surface area contributed by atoms with E-state index in [1.54, 1.807) is 14.0 Å². The van der Waals surface area contributed by atoms with Gasteiger partial charge in [0.2, 0.25) is 5.88 Å². The minimum Gasteiger partial charge on any atom is -0.493 e. The molecular weight excluding hydrogens is 156 g/mol. The molecule has 0 aliphatic carbocycles. The molecule has 2 heterocycles. The highest BCUT2D eigenvalue weighted by atomic mass is 16.3. The highest BCUT2D eigenvalue weighted by molar-refractivity contribution is 5.57. The molecule has 62 valence electrons. The number of hydrogen-bond acceptors (Lipinski definition) is 4. The molecule has 0 unspecified atom stereocenters. The van der Waals surface area contributed by atoms with Crippen LogP contribution in [-0.2, 0) is 7.05 Å². The summed E-state index contributed by atoms with van der Waals surface area (Å²) in [6, 6.07) is 0. The molecule has 0 bridgehead atoms. The summed E-state index contributed by atoms with van der Waals surface area (Å²) in [6.07, 6.45) is 1.51. The summed E-state index contributed by atoms with van der Waals surface area (Å²) in [6.45, 7) is 1.76. The van der Waals surface area contributed by atoms with Crippen molar-refractivity contribution >= 4 is 0 Å². The van der Waals surface area contributed by atoms with Gasteiger partial charge in [0.15, 0.2) is 11.5 Å². The Kier molecular flexibility index (Phi) is 1.27. The van der Waals surface area contributed by atoms with Gasteiger partial charge < -0.3 is 9.67 Å². The number of rotatable bonds is 0. The maximum Gasteiger partial charge on any atom is 0.222 e. The maximum atomic E-state index is 9.49. The Bertz CT molecular complexity index is 395. The quantitative estimate of drug-likeness (QED) is 0.609. The predicted molar refractivity (Wildman–Crippen MR) is 41.8 cm³/mol. The first kappa shape index (κ1) is 7.02. The number of aromatic hydroxyl groups is 1. The van der Waals surface area contributed by atoms with Crippen LogP contribution in [0, 0.1) is 6.92 Å². The molecule has 5 heteroatoms. The summed E-state index contributed by atoms with van der Waals surface area (Å²) in [5, 5.41) is 9.49. The Labute approximate surface area is 69.1 Å². The average molecular weight is 164 g/mol. The summed E-state index contributed by atoms with van der Waals surface area (Å²) in [4.78, 5) is 12.0. The van der Waals surface area contributed by atoms with Crippen molar-refractivity contribution in [2.75, 3.05) is 0 Å². The Morgan fingerprint density at radius 1 is 1.42 bits per heavy atom. The lowest BCUT2D eigenvalue weighted by Crippen LogP contribution is -1.97. The van der Waals surface area contributed by atoms with Crippen molar-refractivity contribution < 1.29 is 5.11 Å². The summed E-state index contributed by atoms with van der Waals surface area (Å²) >= 11 is 0. The fraction of sp³-hybridized carbons (Fsp3) is 0.286. The summed E-state index contributed by atoms with van der Waals surface area (Å²) < 4.78 is 1.50. The number of aromatic nitrogens is 4. The van der Waals surface area contributed by atoms with Crippen LogP contribution < -0.4 is 0 Å². The van der Waals surface area contributed by atoms with Gasteiger partial charge in [0, 0.05) is 7.05 Å². The first-order valence-corrected chi connectivity index (χ1v) is 3.53. The van der Waals surface area contributed by atoms with Gasteiger partial charge in [0.05, 0.1) is 6.33 Å². The number of aryl methyl sites for hydroxylation is 2. The van der Waals surface area contributed by atoms with E-state index in [-0.39, 0.29) is 5.88 Å². The van der Waals surface area contributed by atoms with Gasteiger partial charge in [-0.1, -0.05) is 0 Å². The molecule has 2 aliphatic rings. The van der Waals surface area contributed by atoms with E-state index in [2.05, 4.69) is 15.0 Å². The Morgan fingerprint density at radius 3 is 2.92 bits per heavy atom. The SMILES string of the molecule is Cc1nc2ncn(C)c(O)c-2n1. The van der Waals surface area contributed by atoms with Crippen LogP contribution >= 0.6 is 0 Å². The van der Waals surface area contributed by atoms with E-state index in [9.17, 15) is 5.11 Å². The minimum absolute atomic E-state index is 0.0978. The van der Waals surface area contributed by atoms with Crippen molar-refractivity contribution in [1.29, 1.82) is 0 Å². The molecule has 1 N–H and O–H groups in total. The number of hydrogen-bond donors (Lipinski definition) is 1. The largest absolute Gasteiger partial charge is 0.493 e. The third kappa shape index (κ3) is 0.827. The van der Waals surface area contributed by atoms with E-state index in [0.29, 0.717) is 17.3 Å². The zero-order chi connectivity index (χ0) is 8.72. The monoisotopic (exact) mass is 164 g/mol. The molecule has 0 amide bonds. The Morgan fingerprint density at radius 2 is 2.17 bits per heavy atom. The number of nitrogens with zero attached hydrogens (tertiary/aromatic N) is 4. The van der Waals surface area contributed by atoms with E-state index in [0.717, 1.165) is 0 Å². The molecule has 0 atom stereocenters. The summed E-state index contributed by atoms with van der Waals surface area (Å²) in [5.41, 5.74) is 0.456. The van der Waals surface area contributed by atoms with E-state index >= 15 is 0 Å².